The molecular weight excluding hydrogens is 332 g/mol. The zero-order chi connectivity index (χ0) is 17.4. The van der Waals surface area contributed by atoms with E-state index < -0.39 is 0 Å². The summed E-state index contributed by atoms with van der Waals surface area (Å²) in [6.07, 6.45) is 2.97. The fourth-order valence-corrected chi connectivity index (χ4v) is 4.11. The maximum atomic E-state index is 13.0. The molecule has 3 heterocycles. The van der Waals surface area contributed by atoms with Gasteiger partial charge in [0.1, 0.15) is 17.0 Å². The Morgan fingerprint density at radius 1 is 1.16 bits per heavy atom. The fraction of sp³-hybridized carbons (Fsp3) is 0.263. The third-order valence-corrected chi connectivity index (χ3v) is 5.37. The predicted molar refractivity (Wildman–Crippen MR) is 106 cm³/mol. The van der Waals surface area contributed by atoms with Crippen LogP contribution in [0.1, 0.15) is 6.42 Å². The highest BCUT2D eigenvalue weighted by atomic mass is 32.1. The molecule has 3 aromatic heterocycles. The molecule has 128 valence electrons. The summed E-state index contributed by atoms with van der Waals surface area (Å²) < 4.78 is 3.91. The van der Waals surface area contributed by atoms with Crippen molar-refractivity contribution >= 4 is 43.1 Å². The van der Waals surface area contributed by atoms with Gasteiger partial charge in [0.05, 0.1) is 10.9 Å². The first-order chi connectivity index (χ1) is 12.1. The van der Waals surface area contributed by atoms with Gasteiger partial charge in [0.25, 0.3) is 0 Å². The van der Waals surface area contributed by atoms with Crippen molar-refractivity contribution in [1.29, 1.82) is 0 Å². The molecular formula is C19H20N4OS. The van der Waals surface area contributed by atoms with Crippen molar-refractivity contribution in [2.45, 2.75) is 6.42 Å². The lowest BCUT2D eigenvalue weighted by atomic mass is 10.2. The lowest BCUT2D eigenvalue weighted by molar-refractivity contribution is 0.405. The number of fused-ring (bicyclic) bond motifs is 4. The molecule has 0 unspecified atom stereocenters. The van der Waals surface area contributed by atoms with Crippen LogP contribution in [0.2, 0.25) is 0 Å². The van der Waals surface area contributed by atoms with Crippen LogP contribution < -0.4 is 10.7 Å². The third-order valence-electron chi connectivity index (χ3n) is 4.25. The van der Waals surface area contributed by atoms with Crippen LogP contribution in [0.5, 0.6) is 0 Å². The summed E-state index contributed by atoms with van der Waals surface area (Å²) in [7, 11) is 4.14. The van der Waals surface area contributed by atoms with E-state index in [1.165, 1.54) is 0 Å². The van der Waals surface area contributed by atoms with Gasteiger partial charge in [-0.3, -0.25) is 9.20 Å². The summed E-state index contributed by atoms with van der Waals surface area (Å²) in [5.74, 6) is 0.809. The first-order valence-corrected chi connectivity index (χ1v) is 9.17. The Morgan fingerprint density at radius 2 is 2.00 bits per heavy atom. The van der Waals surface area contributed by atoms with E-state index in [-0.39, 0.29) is 5.43 Å². The SMILES string of the molecule is CN(C)CCCNc1cn2c(ccc3sc4ccccc4c(=O)c32)n1. The Balaban J connectivity index is 1.78. The highest BCUT2D eigenvalue weighted by Crippen LogP contribution is 2.26. The van der Waals surface area contributed by atoms with Crippen LogP contribution >= 0.6 is 11.3 Å². The minimum absolute atomic E-state index is 0.0616. The van der Waals surface area contributed by atoms with Gasteiger partial charge in [-0.1, -0.05) is 12.1 Å². The van der Waals surface area contributed by atoms with Crippen molar-refractivity contribution in [3.63, 3.8) is 0 Å². The number of hydrogen-bond acceptors (Lipinski definition) is 5. The maximum Gasteiger partial charge on any atom is 0.212 e. The zero-order valence-electron chi connectivity index (χ0n) is 14.3. The number of pyridine rings is 1. The van der Waals surface area contributed by atoms with Gasteiger partial charge in [0, 0.05) is 16.6 Å². The predicted octanol–water partition coefficient (Wildman–Crippen LogP) is 3.43. The summed E-state index contributed by atoms with van der Waals surface area (Å²) >= 11 is 1.64. The molecule has 5 nitrogen and oxygen atoms in total. The molecule has 0 saturated carbocycles. The highest BCUT2D eigenvalue weighted by molar-refractivity contribution is 7.24. The summed E-state index contributed by atoms with van der Waals surface area (Å²) in [5.41, 5.74) is 1.56. The summed E-state index contributed by atoms with van der Waals surface area (Å²) in [6, 6.07) is 11.7. The lowest BCUT2D eigenvalue weighted by Crippen LogP contribution is -2.16. The Kier molecular flexibility index (Phi) is 4.15. The molecule has 0 saturated heterocycles. The van der Waals surface area contributed by atoms with Gasteiger partial charge in [0.2, 0.25) is 5.43 Å². The van der Waals surface area contributed by atoms with Crippen molar-refractivity contribution in [3.8, 4) is 0 Å². The first-order valence-electron chi connectivity index (χ1n) is 8.36. The average Bonchev–Trinajstić information content (AvgIpc) is 3.01. The molecule has 6 heteroatoms. The molecule has 0 aliphatic heterocycles. The van der Waals surface area contributed by atoms with E-state index >= 15 is 0 Å². The van der Waals surface area contributed by atoms with Crippen molar-refractivity contribution in [1.82, 2.24) is 14.3 Å². The zero-order valence-corrected chi connectivity index (χ0v) is 15.1. The number of benzene rings is 1. The Labute approximate surface area is 149 Å². The molecule has 0 fully saturated rings. The second kappa shape index (κ2) is 6.46. The van der Waals surface area contributed by atoms with E-state index in [2.05, 4.69) is 29.3 Å². The molecule has 4 rings (SSSR count). The number of anilines is 1. The Hall–Kier alpha value is -2.44. The quantitative estimate of drug-likeness (QED) is 0.442. The maximum absolute atomic E-state index is 13.0. The van der Waals surface area contributed by atoms with Crippen molar-refractivity contribution < 1.29 is 0 Å². The molecule has 0 radical (unpaired) electrons. The molecule has 0 atom stereocenters. The molecule has 0 aliphatic rings. The molecule has 0 amide bonds. The minimum Gasteiger partial charge on any atom is -0.369 e. The van der Waals surface area contributed by atoms with E-state index in [0.29, 0.717) is 5.52 Å². The van der Waals surface area contributed by atoms with Crippen molar-refractivity contribution in [2.24, 2.45) is 0 Å². The van der Waals surface area contributed by atoms with E-state index in [9.17, 15) is 4.79 Å². The summed E-state index contributed by atoms with van der Waals surface area (Å²) in [6.45, 7) is 1.89. The van der Waals surface area contributed by atoms with Gasteiger partial charge in [-0.25, -0.2) is 4.98 Å². The van der Waals surface area contributed by atoms with E-state index in [4.69, 9.17) is 0 Å². The van der Waals surface area contributed by atoms with E-state index in [1.54, 1.807) is 11.3 Å². The van der Waals surface area contributed by atoms with Gasteiger partial charge in [0.15, 0.2) is 0 Å². The largest absolute Gasteiger partial charge is 0.369 e. The number of aromatic nitrogens is 2. The van der Waals surface area contributed by atoms with Gasteiger partial charge in [-0.15, -0.1) is 11.3 Å². The van der Waals surface area contributed by atoms with Crippen LogP contribution in [-0.4, -0.2) is 41.5 Å². The highest BCUT2D eigenvalue weighted by Gasteiger charge is 2.11. The average molecular weight is 352 g/mol. The van der Waals surface area contributed by atoms with Crippen molar-refractivity contribution in [3.05, 3.63) is 52.8 Å². The number of rotatable bonds is 5. The molecule has 4 aromatic rings. The molecule has 1 N–H and O–H groups in total. The lowest BCUT2D eigenvalue weighted by Gasteiger charge is -2.08. The number of imidazole rings is 1. The molecule has 0 spiro atoms. The van der Waals surface area contributed by atoms with E-state index in [0.717, 1.165) is 45.8 Å². The van der Waals surface area contributed by atoms with Crippen LogP contribution in [0.25, 0.3) is 25.9 Å². The number of nitrogens with zero attached hydrogens (tertiary/aromatic N) is 3. The Morgan fingerprint density at radius 3 is 2.84 bits per heavy atom. The smallest absolute Gasteiger partial charge is 0.212 e. The molecule has 1 aromatic carbocycles. The number of nitrogens with one attached hydrogen (secondary N) is 1. The second-order valence-electron chi connectivity index (χ2n) is 6.41. The van der Waals surface area contributed by atoms with Crippen LogP contribution in [0.15, 0.2) is 47.4 Å². The summed E-state index contributed by atoms with van der Waals surface area (Å²) in [5, 5.41) is 4.12. The molecule has 0 aliphatic carbocycles. The number of hydrogen-bond donors (Lipinski definition) is 1. The van der Waals surface area contributed by atoms with Crippen LogP contribution in [0.3, 0.4) is 0 Å². The first kappa shape index (κ1) is 16.1. The van der Waals surface area contributed by atoms with Crippen LogP contribution in [0.4, 0.5) is 5.82 Å². The van der Waals surface area contributed by atoms with Gasteiger partial charge in [-0.2, -0.15) is 0 Å². The summed E-state index contributed by atoms with van der Waals surface area (Å²) in [4.78, 5) is 19.7. The van der Waals surface area contributed by atoms with E-state index in [1.807, 2.05) is 47.0 Å². The fourth-order valence-electron chi connectivity index (χ4n) is 3.03. The van der Waals surface area contributed by atoms with Crippen LogP contribution in [0, 0.1) is 0 Å². The minimum atomic E-state index is 0.0616. The van der Waals surface area contributed by atoms with Crippen molar-refractivity contribution in [2.75, 3.05) is 32.5 Å². The second-order valence-corrected chi connectivity index (χ2v) is 7.50. The monoisotopic (exact) mass is 352 g/mol. The normalized spacial score (nSPS) is 11.8. The molecule has 25 heavy (non-hydrogen) atoms. The topological polar surface area (TPSA) is 49.6 Å². The van der Waals surface area contributed by atoms with Crippen LogP contribution in [-0.2, 0) is 0 Å². The third kappa shape index (κ3) is 2.99. The van der Waals surface area contributed by atoms with Gasteiger partial charge < -0.3 is 10.2 Å². The standard InChI is InChI=1S/C19H20N4OS/c1-22(2)11-5-10-20-16-12-23-17(21-16)9-8-15-18(23)19(24)13-6-3-4-7-14(13)25-15/h3-4,6-9,12,20H,5,10-11H2,1-2H3. The van der Waals surface area contributed by atoms with Gasteiger partial charge in [-0.05, 0) is 51.3 Å². The molecule has 0 bridgehead atoms. The Bertz CT molecular complexity index is 1110. The van der Waals surface area contributed by atoms with Gasteiger partial charge >= 0.3 is 0 Å².